The summed E-state index contributed by atoms with van der Waals surface area (Å²) in [5.74, 6) is 0. The van der Waals surface area contributed by atoms with E-state index < -0.39 is 10.0 Å². The predicted octanol–water partition coefficient (Wildman–Crippen LogP) is 2.71. The maximum atomic E-state index is 12.2. The van der Waals surface area contributed by atoms with E-state index in [1.165, 1.54) is 18.2 Å². The summed E-state index contributed by atoms with van der Waals surface area (Å²) in [6.07, 6.45) is 1.65. The molecule has 1 aromatic rings. The van der Waals surface area contributed by atoms with Gasteiger partial charge in [0.1, 0.15) is 0 Å². The summed E-state index contributed by atoms with van der Waals surface area (Å²) in [5, 5.41) is 0.571. The molecule has 1 fully saturated rings. The van der Waals surface area contributed by atoms with Crippen molar-refractivity contribution in [3.05, 3.63) is 28.2 Å². The van der Waals surface area contributed by atoms with Gasteiger partial charge in [-0.15, -0.1) is 0 Å². The SMILES string of the molecule is O=S(=O)(c1cc(Cl)cc(Cl)c1)N1CCCCO1. The van der Waals surface area contributed by atoms with Crippen molar-refractivity contribution in [1.29, 1.82) is 0 Å². The molecule has 0 atom stereocenters. The molecule has 0 unspecified atom stereocenters. The first-order chi connectivity index (χ1) is 8.00. The highest BCUT2D eigenvalue weighted by atomic mass is 35.5. The van der Waals surface area contributed by atoms with Crippen LogP contribution in [0.15, 0.2) is 23.1 Å². The van der Waals surface area contributed by atoms with Crippen LogP contribution in [-0.4, -0.2) is 26.0 Å². The van der Waals surface area contributed by atoms with Gasteiger partial charge in [-0.25, -0.2) is 8.42 Å². The lowest BCUT2D eigenvalue weighted by Gasteiger charge is -2.25. The van der Waals surface area contributed by atoms with Crippen LogP contribution in [0.4, 0.5) is 0 Å². The zero-order valence-electron chi connectivity index (χ0n) is 8.90. The van der Waals surface area contributed by atoms with E-state index in [-0.39, 0.29) is 14.9 Å². The van der Waals surface area contributed by atoms with E-state index >= 15 is 0 Å². The molecule has 0 spiro atoms. The van der Waals surface area contributed by atoms with Gasteiger partial charge in [-0.2, -0.15) is 0 Å². The highest BCUT2D eigenvalue weighted by molar-refractivity contribution is 7.89. The second-order valence-corrected chi connectivity index (χ2v) is 6.38. The van der Waals surface area contributed by atoms with Crippen molar-refractivity contribution in [2.75, 3.05) is 13.2 Å². The first-order valence-corrected chi connectivity index (χ1v) is 7.31. The average Bonchev–Trinajstić information content (AvgIpc) is 2.29. The number of nitrogens with zero attached hydrogens (tertiary/aromatic N) is 1. The van der Waals surface area contributed by atoms with E-state index in [1.807, 2.05) is 0 Å². The molecule has 94 valence electrons. The van der Waals surface area contributed by atoms with Gasteiger partial charge in [-0.05, 0) is 31.0 Å². The van der Waals surface area contributed by atoms with Gasteiger partial charge in [-0.3, -0.25) is 4.84 Å². The van der Waals surface area contributed by atoms with Gasteiger partial charge in [0.2, 0.25) is 0 Å². The van der Waals surface area contributed by atoms with Gasteiger partial charge in [0, 0.05) is 16.6 Å². The summed E-state index contributed by atoms with van der Waals surface area (Å²) in [6.45, 7) is 0.764. The molecule has 2 rings (SSSR count). The molecule has 7 heteroatoms. The Kier molecular flexibility index (Phi) is 3.95. The molecular weight excluding hydrogens is 285 g/mol. The Bertz CT molecular complexity index is 492. The van der Waals surface area contributed by atoms with Crippen molar-refractivity contribution in [1.82, 2.24) is 4.47 Å². The number of hydrogen-bond acceptors (Lipinski definition) is 3. The number of rotatable bonds is 2. The molecule has 17 heavy (non-hydrogen) atoms. The summed E-state index contributed by atoms with van der Waals surface area (Å²) in [4.78, 5) is 5.19. The summed E-state index contributed by atoms with van der Waals surface area (Å²) in [5.41, 5.74) is 0. The molecule has 1 aromatic carbocycles. The summed E-state index contributed by atoms with van der Waals surface area (Å²) in [7, 11) is -3.66. The molecule has 0 bridgehead atoms. The molecule has 4 nitrogen and oxygen atoms in total. The van der Waals surface area contributed by atoms with Crippen molar-refractivity contribution in [2.45, 2.75) is 17.7 Å². The molecule has 0 aliphatic carbocycles. The van der Waals surface area contributed by atoms with Crippen molar-refractivity contribution in [3.8, 4) is 0 Å². The fraction of sp³-hybridized carbons (Fsp3) is 0.400. The van der Waals surface area contributed by atoms with Gasteiger partial charge in [0.05, 0.1) is 11.5 Å². The lowest BCUT2D eigenvalue weighted by molar-refractivity contribution is -0.108. The fourth-order valence-corrected chi connectivity index (χ4v) is 3.58. The number of hydroxylamine groups is 1. The summed E-state index contributed by atoms with van der Waals surface area (Å²) in [6, 6.07) is 4.21. The number of hydrogen-bond donors (Lipinski definition) is 0. The van der Waals surface area contributed by atoms with E-state index in [0.717, 1.165) is 17.3 Å². The summed E-state index contributed by atoms with van der Waals surface area (Å²) < 4.78 is 25.3. The Labute approximate surface area is 110 Å². The third-order valence-electron chi connectivity index (χ3n) is 2.37. The first-order valence-electron chi connectivity index (χ1n) is 5.12. The van der Waals surface area contributed by atoms with Crippen molar-refractivity contribution in [2.24, 2.45) is 0 Å². The maximum Gasteiger partial charge on any atom is 0.265 e. The lowest BCUT2D eigenvalue weighted by atomic mass is 10.3. The zero-order chi connectivity index (χ0) is 12.5. The molecule has 0 saturated carbocycles. The van der Waals surface area contributed by atoms with Gasteiger partial charge < -0.3 is 0 Å². The van der Waals surface area contributed by atoms with Crippen LogP contribution in [0.1, 0.15) is 12.8 Å². The van der Waals surface area contributed by atoms with Crippen LogP contribution in [0.25, 0.3) is 0 Å². The molecule has 1 saturated heterocycles. The van der Waals surface area contributed by atoms with Crippen LogP contribution in [0, 0.1) is 0 Å². The van der Waals surface area contributed by atoms with Crippen molar-refractivity contribution in [3.63, 3.8) is 0 Å². The van der Waals surface area contributed by atoms with Crippen LogP contribution >= 0.6 is 23.2 Å². The minimum atomic E-state index is -3.66. The predicted molar refractivity (Wildman–Crippen MR) is 65.5 cm³/mol. The van der Waals surface area contributed by atoms with Crippen LogP contribution in [0.5, 0.6) is 0 Å². The van der Waals surface area contributed by atoms with Gasteiger partial charge in [-0.1, -0.05) is 27.7 Å². The largest absolute Gasteiger partial charge is 0.284 e. The Balaban J connectivity index is 2.36. The van der Waals surface area contributed by atoms with E-state index in [9.17, 15) is 8.42 Å². The molecule has 1 heterocycles. The zero-order valence-corrected chi connectivity index (χ0v) is 11.2. The fourth-order valence-electron chi connectivity index (χ4n) is 1.56. The minimum absolute atomic E-state index is 0.0527. The average molecular weight is 296 g/mol. The topological polar surface area (TPSA) is 46.6 Å². The van der Waals surface area contributed by atoms with Crippen LogP contribution in [0.2, 0.25) is 10.0 Å². The molecule has 0 aromatic heterocycles. The van der Waals surface area contributed by atoms with Gasteiger partial charge in [0.15, 0.2) is 0 Å². The van der Waals surface area contributed by atoms with Gasteiger partial charge in [0.25, 0.3) is 10.0 Å². The van der Waals surface area contributed by atoms with E-state index in [0.29, 0.717) is 13.2 Å². The number of benzene rings is 1. The number of halogens is 2. The smallest absolute Gasteiger partial charge is 0.265 e. The molecule has 1 aliphatic rings. The van der Waals surface area contributed by atoms with Crippen molar-refractivity contribution < 1.29 is 13.3 Å². The van der Waals surface area contributed by atoms with Crippen LogP contribution in [0.3, 0.4) is 0 Å². The standard InChI is InChI=1S/C10H11Cl2NO3S/c11-8-5-9(12)7-10(6-8)17(14,15)13-3-1-2-4-16-13/h5-7H,1-4H2. The number of sulfonamides is 1. The van der Waals surface area contributed by atoms with E-state index in [1.54, 1.807) is 0 Å². The Morgan fingerprint density at radius 3 is 2.29 bits per heavy atom. The second-order valence-electron chi connectivity index (χ2n) is 3.68. The minimum Gasteiger partial charge on any atom is -0.284 e. The summed E-state index contributed by atoms with van der Waals surface area (Å²) >= 11 is 11.6. The molecule has 0 N–H and O–H groups in total. The normalized spacial score (nSPS) is 18.2. The molecule has 0 radical (unpaired) electrons. The Hall–Kier alpha value is -0.330. The highest BCUT2D eigenvalue weighted by Gasteiger charge is 2.27. The van der Waals surface area contributed by atoms with Crippen LogP contribution in [-0.2, 0) is 14.9 Å². The first kappa shape index (κ1) is 13.1. The van der Waals surface area contributed by atoms with E-state index in [4.69, 9.17) is 28.0 Å². The monoisotopic (exact) mass is 295 g/mol. The van der Waals surface area contributed by atoms with Crippen LogP contribution < -0.4 is 0 Å². The maximum absolute atomic E-state index is 12.2. The third-order valence-corrected chi connectivity index (χ3v) is 4.46. The van der Waals surface area contributed by atoms with E-state index in [2.05, 4.69) is 0 Å². The van der Waals surface area contributed by atoms with Crippen molar-refractivity contribution >= 4 is 33.2 Å². The molecular formula is C10H11Cl2NO3S. The lowest BCUT2D eigenvalue weighted by Crippen LogP contribution is -2.35. The third kappa shape index (κ3) is 2.92. The van der Waals surface area contributed by atoms with Gasteiger partial charge >= 0.3 is 0 Å². The Morgan fingerprint density at radius 1 is 1.12 bits per heavy atom. The molecule has 0 amide bonds. The Morgan fingerprint density at radius 2 is 1.76 bits per heavy atom. The highest BCUT2D eigenvalue weighted by Crippen LogP contribution is 2.26. The molecule has 1 aliphatic heterocycles. The quantitative estimate of drug-likeness (QED) is 0.843. The second kappa shape index (κ2) is 5.12.